The van der Waals surface area contributed by atoms with Crippen LogP contribution in [0.2, 0.25) is 0 Å². The van der Waals surface area contributed by atoms with Crippen molar-refractivity contribution in [3.63, 3.8) is 0 Å². The number of amides is 1. The van der Waals surface area contributed by atoms with Crippen molar-refractivity contribution in [3.05, 3.63) is 33.9 Å². The zero-order valence-corrected chi connectivity index (χ0v) is 10.5. The van der Waals surface area contributed by atoms with Gasteiger partial charge in [-0.05, 0) is 25.3 Å². The molecule has 1 aromatic rings. The number of benzene rings is 1. The Morgan fingerprint density at radius 2 is 2.00 bits per heavy atom. The summed E-state index contributed by atoms with van der Waals surface area (Å²) in [6.45, 7) is 1.37. The molecule has 0 bridgehead atoms. The average Bonchev–Trinajstić information content (AvgIpc) is 2.46. The van der Waals surface area contributed by atoms with Crippen LogP contribution in [0.25, 0.3) is 0 Å². The van der Waals surface area contributed by atoms with Gasteiger partial charge in [0.15, 0.2) is 0 Å². The van der Waals surface area contributed by atoms with Gasteiger partial charge in [0.2, 0.25) is 0 Å². The molecule has 2 rings (SSSR count). The first-order chi connectivity index (χ1) is 9.15. The summed E-state index contributed by atoms with van der Waals surface area (Å²) in [4.78, 5) is 24.4. The molecule has 1 amide bonds. The fourth-order valence-electron chi connectivity index (χ4n) is 2.29. The third-order valence-electron chi connectivity index (χ3n) is 3.26. The lowest BCUT2D eigenvalue weighted by molar-refractivity contribution is -0.384. The predicted molar refractivity (Wildman–Crippen MR) is 70.7 cm³/mol. The largest absolute Gasteiger partial charge is 0.339 e. The van der Waals surface area contributed by atoms with E-state index >= 15 is 0 Å². The number of likely N-dealkylation sites (tertiary alicyclic amines) is 1. The lowest BCUT2D eigenvalue weighted by atomic mass is 10.1. The van der Waals surface area contributed by atoms with Crippen molar-refractivity contribution >= 4 is 17.3 Å². The number of nitro benzene ring substituents is 1. The lowest BCUT2D eigenvalue weighted by Crippen LogP contribution is -2.36. The third kappa shape index (κ3) is 2.65. The van der Waals surface area contributed by atoms with Crippen molar-refractivity contribution in [2.75, 3.05) is 18.5 Å². The van der Waals surface area contributed by atoms with Gasteiger partial charge in [-0.1, -0.05) is 6.07 Å². The Bertz CT molecular complexity index is 498. The highest BCUT2D eigenvalue weighted by molar-refractivity contribution is 6.01. The highest BCUT2D eigenvalue weighted by Crippen LogP contribution is 2.28. The third-order valence-corrected chi connectivity index (χ3v) is 3.26. The second-order valence-corrected chi connectivity index (χ2v) is 4.45. The number of nitrogens with zero attached hydrogens (tertiary/aromatic N) is 2. The number of nitro groups is 1. The maximum atomic E-state index is 12.4. The normalized spacial score (nSPS) is 15.1. The Kier molecular flexibility index (Phi) is 3.96. The van der Waals surface area contributed by atoms with Gasteiger partial charge < -0.3 is 10.3 Å². The second-order valence-electron chi connectivity index (χ2n) is 4.45. The van der Waals surface area contributed by atoms with E-state index in [1.165, 1.54) is 12.1 Å². The first kappa shape index (κ1) is 13.3. The minimum absolute atomic E-state index is 0.0723. The van der Waals surface area contributed by atoms with Gasteiger partial charge in [0.25, 0.3) is 11.6 Å². The average molecular weight is 264 g/mol. The van der Waals surface area contributed by atoms with E-state index in [4.69, 9.17) is 5.84 Å². The Hall–Kier alpha value is -2.15. The summed E-state index contributed by atoms with van der Waals surface area (Å²) in [5.41, 5.74) is 2.41. The number of piperidine rings is 1. The summed E-state index contributed by atoms with van der Waals surface area (Å²) >= 11 is 0. The molecule has 1 fully saturated rings. The number of carbonyl (C=O) groups excluding carboxylic acids is 1. The fourth-order valence-corrected chi connectivity index (χ4v) is 2.29. The van der Waals surface area contributed by atoms with Crippen molar-refractivity contribution in [2.45, 2.75) is 19.3 Å². The molecule has 1 saturated heterocycles. The van der Waals surface area contributed by atoms with Gasteiger partial charge in [0.1, 0.15) is 5.69 Å². The minimum Gasteiger partial charge on any atom is -0.339 e. The molecule has 0 aliphatic carbocycles. The number of nitrogens with one attached hydrogen (secondary N) is 1. The summed E-state index contributed by atoms with van der Waals surface area (Å²) in [6.07, 6.45) is 3.04. The number of para-hydroxylation sites is 1. The lowest BCUT2D eigenvalue weighted by Gasteiger charge is -2.27. The van der Waals surface area contributed by atoms with Crippen LogP contribution < -0.4 is 11.3 Å². The number of nitrogen functional groups attached to an aromatic ring is 1. The van der Waals surface area contributed by atoms with Crippen LogP contribution in [0.15, 0.2) is 18.2 Å². The molecule has 7 heteroatoms. The highest BCUT2D eigenvalue weighted by Gasteiger charge is 2.25. The van der Waals surface area contributed by atoms with Crippen molar-refractivity contribution in [2.24, 2.45) is 5.84 Å². The molecule has 7 nitrogen and oxygen atoms in total. The minimum atomic E-state index is -0.553. The maximum absolute atomic E-state index is 12.4. The van der Waals surface area contributed by atoms with Gasteiger partial charge in [0.05, 0.1) is 10.5 Å². The molecule has 1 heterocycles. The summed E-state index contributed by atoms with van der Waals surface area (Å²) in [7, 11) is 0. The molecule has 3 N–H and O–H groups in total. The maximum Gasteiger partial charge on any atom is 0.294 e. The number of rotatable bonds is 3. The van der Waals surface area contributed by atoms with E-state index in [2.05, 4.69) is 5.43 Å². The molecule has 0 unspecified atom stereocenters. The number of hydrazine groups is 1. The van der Waals surface area contributed by atoms with Gasteiger partial charge >= 0.3 is 0 Å². The standard InChI is InChI=1S/C12H16N4O3/c13-14-11-9(5-4-6-10(11)16(18)19)12(17)15-7-2-1-3-8-15/h4-6,14H,1-3,7-8,13H2. The molecule has 1 aromatic carbocycles. The van der Waals surface area contributed by atoms with E-state index < -0.39 is 4.92 Å². The molecule has 0 radical (unpaired) electrons. The van der Waals surface area contributed by atoms with Gasteiger partial charge in [-0.2, -0.15) is 0 Å². The van der Waals surface area contributed by atoms with Crippen molar-refractivity contribution in [1.82, 2.24) is 4.90 Å². The zero-order valence-electron chi connectivity index (χ0n) is 10.5. The number of nitrogens with two attached hydrogens (primary N) is 1. The first-order valence-electron chi connectivity index (χ1n) is 6.18. The Labute approximate surface area is 110 Å². The number of hydrogen-bond acceptors (Lipinski definition) is 5. The smallest absolute Gasteiger partial charge is 0.294 e. The molecule has 0 aromatic heterocycles. The van der Waals surface area contributed by atoms with Gasteiger partial charge in [-0.25, -0.2) is 0 Å². The highest BCUT2D eigenvalue weighted by atomic mass is 16.6. The molecule has 1 aliphatic heterocycles. The van der Waals surface area contributed by atoms with Crippen molar-refractivity contribution < 1.29 is 9.72 Å². The van der Waals surface area contributed by atoms with Crippen LogP contribution >= 0.6 is 0 Å². The van der Waals surface area contributed by atoms with Crippen LogP contribution in [0, 0.1) is 10.1 Å². The van der Waals surface area contributed by atoms with Gasteiger partial charge in [-0.3, -0.25) is 20.8 Å². The monoisotopic (exact) mass is 264 g/mol. The zero-order chi connectivity index (χ0) is 13.8. The van der Waals surface area contributed by atoms with Crippen LogP contribution in [0.4, 0.5) is 11.4 Å². The molecule has 0 atom stereocenters. The molecule has 0 spiro atoms. The van der Waals surface area contributed by atoms with E-state index in [1.807, 2.05) is 0 Å². The van der Waals surface area contributed by atoms with Gasteiger partial charge in [0, 0.05) is 19.2 Å². The molecule has 1 aliphatic rings. The molecular formula is C12H16N4O3. The Balaban J connectivity index is 2.35. The van der Waals surface area contributed by atoms with E-state index in [-0.39, 0.29) is 22.8 Å². The quantitative estimate of drug-likeness (QED) is 0.489. The molecule has 102 valence electrons. The van der Waals surface area contributed by atoms with Crippen LogP contribution in [0.3, 0.4) is 0 Å². The van der Waals surface area contributed by atoms with E-state index in [1.54, 1.807) is 11.0 Å². The van der Waals surface area contributed by atoms with Crippen LogP contribution in [0.5, 0.6) is 0 Å². The topological polar surface area (TPSA) is 102 Å². The van der Waals surface area contributed by atoms with Crippen molar-refractivity contribution in [1.29, 1.82) is 0 Å². The van der Waals surface area contributed by atoms with Crippen LogP contribution in [0.1, 0.15) is 29.6 Å². The second kappa shape index (κ2) is 5.66. The van der Waals surface area contributed by atoms with E-state index in [0.29, 0.717) is 13.1 Å². The van der Waals surface area contributed by atoms with Crippen LogP contribution in [-0.4, -0.2) is 28.8 Å². The van der Waals surface area contributed by atoms with Gasteiger partial charge in [-0.15, -0.1) is 0 Å². The number of hydrogen-bond donors (Lipinski definition) is 2. The Morgan fingerprint density at radius 1 is 1.32 bits per heavy atom. The van der Waals surface area contributed by atoms with E-state index in [0.717, 1.165) is 19.3 Å². The molecule has 19 heavy (non-hydrogen) atoms. The Morgan fingerprint density at radius 3 is 2.58 bits per heavy atom. The number of carbonyl (C=O) groups is 1. The predicted octanol–water partition coefficient (Wildman–Crippen LogP) is 1.51. The SMILES string of the molecule is NNc1c(C(=O)N2CCCCC2)cccc1[N+](=O)[O-]. The molecule has 0 saturated carbocycles. The summed E-state index contributed by atoms with van der Waals surface area (Å²) in [5, 5.41) is 10.9. The van der Waals surface area contributed by atoms with Crippen molar-refractivity contribution in [3.8, 4) is 0 Å². The summed E-state index contributed by atoms with van der Waals surface area (Å²) < 4.78 is 0. The molecular weight excluding hydrogens is 248 g/mol. The van der Waals surface area contributed by atoms with E-state index in [9.17, 15) is 14.9 Å². The van der Waals surface area contributed by atoms with Crippen LogP contribution in [-0.2, 0) is 0 Å². The number of anilines is 1. The summed E-state index contributed by atoms with van der Waals surface area (Å²) in [6, 6.07) is 4.37. The summed E-state index contributed by atoms with van der Waals surface area (Å²) in [5.74, 6) is 5.12. The fraction of sp³-hybridized carbons (Fsp3) is 0.417. The first-order valence-corrected chi connectivity index (χ1v) is 6.18.